The van der Waals surface area contributed by atoms with Gasteiger partial charge in [0.2, 0.25) is 0 Å². The Morgan fingerprint density at radius 3 is 2.95 bits per heavy atom. The van der Waals surface area contributed by atoms with Crippen molar-refractivity contribution in [3.63, 3.8) is 0 Å². The number of hydrogen-bond donors (Lipinski definition) is 1. The third-order valence-corrected chi connectivity index (χ3v) is 3.33. The van der Waals surface area contributed by atoms with Gasteiger partial charge in [-0.1, -0.05) is 0 Å². The van der Waals surface area contributed by atoms with Crippen LogP contribution in [0.3, 0.4) is 0 Å². The van der Waals surface area contributed by atoms with Crippen molar-refractivity contribution in [1.29, 1.82) is 0 Å². The molecule has 2 N–H and O–H groups in total. The van der Waals surface area contributed by atoms with Gasteiger partial charge in [-0.25, -0.2) is 0 Å². The molecule has 1 aromatic rings. The Morgan fingerprint density at radius 1 is 1.53 bits per heavy atom. The summed E-state index contributed by atoms with van der Waals surface area (Å²) in [6.07, 6.45) is 3.19. The first kappa shape index (κ1) is 13.8. The number of rotatable bonds is 5. The number of carbonyl (C=O) groups is 1. The predicted molar refractivity (Wildman–Crippen MR) is 73.3 cm³/mol. The fraction of sp³-hybridized carbons (Fsp3) is 0.538. The number of hydrogen-bond acceptors (Lipinski definition) is 5. The zero-order chi connectivity index (χ0) is 13.7. The number of nitrogens with zero attached hydrogens (tertiary/aromatic N) is 3. The zero-order valence-electron chi connectivity index (χ0n) is 11.2. The lowest BCUT2D eigenvalue weighted by Crippen LogP contribution is -2.41. The molecular weight excluding hydrogens is 244 g/mol. The maximum atomic E-state index is 11.4. The second kappa shape index (κ2) is 6.49. The third-order valence-electron chi connectivity index (χ3n) is 3.33. The maximum Gasteiger partial charge on any atom is 0.252 e. The second-order valence-corrected chi connectivity index (χ2v) is 4.63. The molecule has 0 radical (unpaired) electrons. The monoisotopic (exact) mass is 264 g/mol. The van der Waals surface area contributed by atoms with Crippen LogP contribution < -0.4 is 10.6 Å². The molecule has 0 unspecified atom stereocenters. The standard InChI is InChI=1S/C13H20N4O2/c1-16(4-5-17-6-8-19-9-7-17)12-2-3-15-10-11(12)13(14)18/h2-3,10H,4-9H2,1H3,(H2,14,18). The number of aromatic nitrogens is 1. The maximum absolute atomic E-state index is 11.4. The minimum Gasteiger partial charge on any atom is -0.379 e. The van der Waals surface area contributed by atoms with Gasteiger partial charge in [-0.15, -0.1) is 0 Å². The predicted octanol–water partition coefficient (Wildman–Crippen LogP) is -0.0511. The normalized spacial score (nSPS) is 16.3. The fourth-order valence-corrected chi connectivity index (χ4v) is 2.15. The Bertz CT molecular complexity index is 432. The molecule has 19 heavy (non-hydrogen) atoms. The molecule has 0 atom stereocenters. The van der Waals surface area contributed by atoms with E-state index in [4.69, 9.17) is 10.5 Å². The van der Waals surface area contributed by atoms with Gasteiger partial charge in [0, 0.05) is 45.6 Å². The highest BCUT2D eigenvalue weighted by Crippen LogP contribution is 2.17. The number of anilines is 1. The number of pyridine rings is 1. The number of nitrogens with two attached hydrogens (primary N) is 1. The molecule has 1 aliphatic heterocycles. The molecule has 2 heterocycles. The van der Waals surface area contributed by atoms with E-state index in [2.05, 4.69) is 9.88 Å². The highest BCUT2D eigenvalue weighted by Gasteiger charge is 2.14. The van der Waals surface area contributed by atoms with Crippen molar-refractivity contribution in [3.8, 4) is 0 Å². The Hall–Kier alpha value is -1.66. The van der Waals surface area contributed by atoms with Crippen molar-refractivity contribution in [2.45, 2.75) is 0 Å². The van der Waals surface area contributed by atoms with Crippen LogP contribution in [0.5, 0.6) is 0 Å². The van der Waals surface area contributed by atoms with Gasteiger partial charge in [-0.3, -0.25) is 14.7 Å². The molecule has 0 bridgehead atoms. The third kappa shape index (κ3) is 3.65. The Labute approximate surface area is 113 Å². The van der Waals surface area contributed by atoms with E-state index in [9.17, 15) is 4.79 Å². The molecule has 1 aromatic heterocycles. The van der Waals surface area contributed by atoms with E-state index in [1.165, 1.54) is 6.20 Å². The summed E-state index contributed by atoms with van der Waals surface area (Å²) in [5, 5.41) is 0. The first-order chi connectivity index (χ1) is 9.18. The van der Waals surface area contributed by atoms with E-state index in [-0.39, 0.29) is 0 Å². The van der Waals surface area contributed by atoms with Crippen molar-refractivity contribution in [3.05, 3.63) is 24.0 Å². The van der Waals surface area contributed by atoms with Gasteiger partial charge in [-0.2, -0.15) is 0 Å². The van der Waals surface area contributed by atoms with E-state index in [1.807, 2.05) is 18.0 Å². The summed E-state index contributed by atoms with van der Waals surface area (Å²) in [5.41, 5.74) is 6.65. The molecule has 104 valence electrons. The number of morpholine rings is 1. The SMILES string of the molecule is CN(CCN1CCOCC1)c1ccncc1C(N)=O. The Balaban J connectivity index is 1.95. The van der Waals surface area contributed by atoms with Crippen molar-refractivity contribution in [1.82, 2.24) is 9.88 Å². The van der Waals surface area contributed by atoms with E-state index >= 15 is 0 Å². The molecule has 6 heteroatoms. The first-order valence-corrected chi connectivity index (χ1v) is 6.43. The van der Waals surface area contributed by atoms with Gasteiger partial charge >= 0.3 is 0 Å². The molecule has 0 saturated carbocycles. The molecule has 0 aromatic carbocycles. The van der Waals surface area contributed by atoms with Crippen LogP contribution in [0.2, 0.25) is 0 Å². The summed E-state index contributed by atoms with van der Waals surface area (Å²) in [6, 6.07) is 1.82. The molecule has 1 amide bonds. The first-order valence-electron chi connectivity index (χ1n) is 6.43. The minimum absolute atomic E-state index is 0.443. The number of amides is 1. The summed E-state index contributed by atoms with van der Waals surface area (Å²) < 4.78 is 5.32. The molecule has 1 saturated heterocycles. The van der Waals surface area contributed by atoms with E-state index in [1.54, 1.807) is 6.20 Å². The van der Waals surface area contributed by atoms with Crippen molar-refractivity contribution in [2.24, 2.45) is 5.73 Å². The van der Waals surface area contributed by atoms with Crippen molar-refractivity contribution < 1.29 is 9.53 Å². The summed E-state index contributed by atoms with van der Waals surface area (Å²) in [6.45, 7) is 5.31. The number of primary amides is 1. The second-order valence-electron chi connectivity index (χ2n) is 4.63. The minimum atomic E-state index is -0.443. The van der Waals surface area contributed by atoms with E-state index in [0.29, 0.717) is 5.56 Å². The highest BCUT2D eigenvalue weighted by atomic mass is 16.5. The van der Waals surface area contributed by atoms with Crippen LogP contribution in [0.1, 0.15) is 10.4 Å². The van der Waals surface area contributed by atoms with Gasteiger partial charge in [-0.05, 0) is 6.07 Å². The summed E-state index contributed by atoms with van der Waals surface area (Å²) in [4.78, 5) is 19.7. The highest BCUT2D eigenvalue weighted by molar-refractivity contribution is 5.98. The van der Waals surface area contributed by atoms with Crippen LogP contribution in [-0.4, -0.2) is 62.2 Å². The Morgan fingerprint density at radius 2 is 2.26 bits per heavy atom. The van der Waals surface area contributed by atoms with Gasteiger partial charge in [0.1, 0.15) is 0 Å². The van der Waals surface area contributed by atoms with Gasteiger partial charge in [0.25, 0.3) is 5.91 Å². The summed E-state index contributed by atoms with van der Waals surface area (Å²) >= 11 is 0. The summed E-state index contributed by atoms with van der Waals surface area (Å²) in [7, 11) is 1.96. The molecule has 0 spiro atoms. The largest absolute Gasteiger partial charge is 0.379 e. The van der Waals surface area contributed by atoms with Gasteiger partial charge in [0.05, 0.1) is 24.5 Å². The van der Waals surface area contributed by atoms with E-state index in [0.717, 1.165) is 45.1 Å². The topological polar surface area (TPSA) is 71.7 Å². The number of likely N-dealkylation sites (N-methyl/N-ethyl adjacent to an activating group) is 1. The summed E-state index contributed by atoms with van der Waals surface area (Å²) in [5.74, 6) is -0.443. The average molecular weight is 264 g/mol. The molecule has 1 aliphatic rings. The van der Waals surface area contributed by atoms with Gasteiger partial charge in [0.15, 0.2) is 0 Å². The molecular formula is C13H20N4O2. The fourth-order valence-electron chi connectivity index (χ4n) is 2.15. The van der Waals surface area contributed by atoms with Crippen molar-refractivity contribution >= 4 is 11.6 Å². The van der Waals surface area contributed by atoms with Crippen LogP contribution in [-0.2, 0) is 4.74 Å². The van der Waals surface area contributed by atoms with Crippen LogP contribution in [0, 0.1) is 0 Å². The number of ether oxygens (including phenoxy) is 1. The van der Waals surface area contributed by atoms with Gasteiger partial charge < -0.3 is 15.4 Å². The van der Waals surface area contributed by atoms with Crippen LogP contribution in [0.25, 0.3) is 0 Å². The lowest BCUT2D eigenvalue weighted by atomic mass is 10.2. The lowest BCUT2D eigenvalue weighted by molar-refractivity contribution is 0.0393. The molecule has 1 fully saturated rings. The molecule has 2 rings (SSSR count). The van der Waals surface area contributed by atoms with Crippen LogP contribution >= 0.6 is 0 Å². The van der Waals surface area contributed by atoms with Crippen molar-refractivity contribution in [2.75, 3.05) is 51.3 Å². The molecule has 0 aliphatic carbocycles. The lowest BCUT2D eigenvalue weighted by Gasteiger charge is -2.29. The smallest absolute Gasteiger partial charge is 0.252 e. The van der Waals surface area contributed by atoms with E-state index < -0.39 is 5.91 Å². The zero-order valence-corrected chi connectivity index (χ0v) is 11.2. The van der Waals surface area contributed by atoms with Crippen LogP contribution in [0.15, 0.2) is 18.5 Å². The van der Waals surface area contributed by atoms with Crippen LogP contribution in [0.4, 0.5) is 5.69 Å². The average Bonchev–Trinajstić information content (AvgIpc) is 2.46. The number of carbonyl (C=O) groups excluding carboxylic acids is 1. The molecule has 6 nitrogen and oxygen atoms in total. The quantitative estimate of drug-likeness (QED) is 0.807. The Kier molecular flexibility index (Phi) is 4.70.